The molecule has 0 fully saturated rings. The van der Waals surface area contributed by atoms with Crippen LogP contribution in [0.2, 0.25) is 0 Å². The zero-order valence-corrected chi connectivity index (χ0v) is 11.9. The molecule has 2 N–H and O–H groups in total. The van der Waals surface area contributed by atoms with Crippen LogP contribution in [-0.4, -0.2) is 26.3 Å². The molecule has 0 radical (unpaired) electrons. The first-order valence-corrected chi connectivity index (χ1v) is 7.06. The summed E-state index contributed by atoms with van der Waals surface area (Å²) in [7, 11) is -1.88. The predicted octanol–water partition coefficient (Wildman–Crippen LogP) is 1.98. The van der Waals surface area contributed by atoms with E-state index in [4.69, 9.17) is 5.73 Å². The molecule has 0 saturated heterocycles. The second kappa shape index (κ2) is 4.73. The summed E-state index contributed by atoms with van der Waals surface area (Å²) in [6, 6.07) is 3.20. The molecule has 0 heterocycles. The highest BCUT2D eigenvalue weighted by Crippen LogP contribution is 2.27. The molecule has 0 spiro atoms. The zero-order valence-electron chi connectivity index (χ0n) is 9.49. The van der Waals surface area contributed by atoms with Crippen LogP contribution in [-0.2, 0) is 10.0 Å². The van der Waals surface area contributed by atoms with Crippen LogP contribution < -0.4 is 5.73 Å². The molecule has 0 atom stereocenters. The summed E-state index contributed by atoms with van der Waals surface area (Å²) in [4.78, 5) is 0.262. The number of benzene rings is 1. The van der Waals surface area contributed by atoms with Gasteiger partial charge in [-0.25, -0.2) is 12.7 Å². The van der Waals surface area contributed by atoms with Crippen LogP contribution in [0.1, 0.15) is 12.5 Å². The van der Waals surface area contributed by atoms with Gasteiger partial charge in [-0.2, -0.15) is 0 Å². The van der Waals surface area contributed by atoms with Gasteiger partial charge in [-0.15, -0.1) is 0 Å². The van der Waals surface area contributed by atoms with Crippen molar-refractivity contribution in [2.75, 3.05) is 19.3 Å². The van der Waals surface area contributed by atoms with Crippen molar-refractivity contribution in [2.24, 2.45) is 0 Å². The lowest BCUT2D eigenvalue weighted by molar-refractivity contribution is 0.486. The number of rotatable bonds is 3. The molecule has 1 rings (SSSR count). The molecule has 0 aliphatic carbocycles. The van der Waals surface area contributed by atoms with E-state index < -0.39 is 10.0 Å². The fourth-order valence-corrected chi connectivity index (χ4v) is 3.16. The maximum absolute atomic E-state index is 12.1. The van der Waals surface area contributed by atoms with Gasteiger partial charge in [0.25, 0.3) is 0 Å². The van der Waals surface area contributed by atoms with Crippen molar-refractivity contribution in [1.82, 2.24) is 4.31 Å². The lowest BCUT2D eigenvalue weighted by Crippen LogP contribution is -2.27. The number of hydrogen-bond acceptors (Lipinski definition) is 3. The van der Waals surface area contributed by atoms with Gasteiger partial charge in [0.15, 0.2) is 0 Å². The largest absolute Gasteiger partial charge is 0.398 e. The smallest absolute Gasteiger partial charge is 0.243 e. The van der Waals surface area contributed by atoms with Crippen LogP contribution in [0.4, 0.5) is 5.69 Å². The van der Waals surface area contributed by atoms with Gasteiger partial charge < -0.3 is 5.73 Å². The molecule has 1 aromatic carbocycles. The Balaban J connectivity index is 3.40. The lowest BCUT2D eigenvalue weighted by Gasteiger charge is -2.17. The lowest BCUT2D eigenvalue weighted by atomic mass is 10.2. The highest BCUT2D eigenvalue weighted by atomic mass is 79.9. The summed E-state index contributed by atoms with van der Waals surface area (Å²) in [5.74, 6) is 0. The monoisotopic (exact) mass is 306 g/mol. The molecule has 0 bridgehead atoms. The molecule has 0 aliphatic rings. The third-order valence-electron chi connectivity index (χ3n) is 2.43. The number of nitrogens with zero attached hydrogens (tertiary/aromatic N) is 1. The summed E-state index contributed by atoms with van der Waals surface area (Å²) < 4.78 is 26.2. The number of sulfonamides is 1. The molecule has 6 heteroatoms. The first-order valence-electron chi connectivity index (χ1n) is 4.82. The van der Waals surface area contributed by atoms with E-state index in [1.54, 1.807) is 27.0 Å². The molecule has 0 unspecified atom stereocenters. The second-order valence-electron chi connectivity index (χ2n) is 3.56. The Labute approximate surface area is 105 Å². The molecular formula is C10H15BrN2O2S. The van der Waals surface area contributed by atoms with Crippen molar-refractivity contribution < 1.29 is 8.42 Å². The SMILES string of the molecule is CCN(C)S(=O)(=O)c1cc(N)c(Br)cc1C. The molecular weight excluding hydrogens is 292 g/mol. The summed E-state index contributed by atoms with van der Waals surface area (Å²) >= 11 is 3.27. The van der Waals surface area contributed by atoms with Crippen LogP contribution in [0.3, 0.4) is 0 Å². The minimum atomic E-state index is -3.43. The molecule has 0 saturated carbocycles. The molecule has 90 valence electrons. The highest BCUT2D eigenvalue weighted by molar-refractivity contribution is 9.10. The van der Waals surface area contributed by atoms with Gasteiger partial charge in [-0.3, -0.25) is 0 Å². The number of anilines is 1. The van der Waals surface area contributed by atoms with Gasteiger partial charge in [0.1, 0.15) is 0 Å². The topological polar surface area (TPSA) is 63.4 Å². The Hall–Kier alpha value is -0.590. The third-order valence-corrected chi connectivity index (χ3v) is 5.19. The van der Waals surface area contributed by atoms with Crippen molar-refractivity contribution in [3.63, 3.8) is 0 Å². The zero-order chi connectivity index (χ0) is 12.5. The quantitative estimate of drug-likeness (QED) is 0.869. The standard InChI is InChI=1S/C10H15BrN2O2S/c1-4-13(3)16(14,15)10-6-9(12)8(11)5-7(10)2/h5-6H,4,12H2,1-3H3. The first-order chi connectivity index (χ1) is 7.30. The normalized spacial score (nSPS) is 12.1. The molecule has 0 aliphatic heterocycles. The van der Waals surface area contributed by atoms with E-state index in [9.17, 15) is 8.42 Å². The maximum Gasteiger partial charge on any atom is 0.243 e. The average molecular weight is 307 g/mol. The van der Waals surface area contributed by atoms with Gasteiger partial charge >= 0.3 is 0 Å². The number of hydrogen-bond donors (Lipinski definition) is 1. The van der Waals surface area contributed by atoms with E-state index in [0.717, 1.165) is 0 Å². The molecule has 4 nitrogen and oxygen atoms in total. The van der Waals surface area contributed by atoms with Crippen LogP contribution in [0.25, 0.3) is 0 Å². The van der Waals surface area contributed by atoms with E-state index in [1.807, 2.05) is 0 Å². The predicted molar refractivity (Wildman–Crippen MR) is 68.8 cm³/mol. The maximum atomic E-state index is 12.1. The number of nitrogen functional groups attached to an aromatic ring is 1. The fraction of sp³-hybridized carbons (Fsp3) is 0.400. The Kier molecular flexibility index (Phi) is 3.98. The van der Waals surface area contributed by atoms with Crippen molar-refractivity contribution in [2.45, 2.75) is 18.7 Å². The minimum Gasteiger partial charge on any atom is -0.398 e. The van der Waals surface area contributed by atoms with Gasteiger partial charge in [0.05, 0.1) is 4.90 Å². The van der Waals surface area contributed by atoms with Gasteiger partial charge in [-0.05, 0) is 40.5 Å². The Morgan fingerprint density at radius 1 is 1.44 bits per heavy atom. The van der Waals surface area contributed by atoms with E-state index in [-0.39, 0.29) is 4.90 Å². The Morgan fingerprint density at radius 2 is 2.00 bits per heavy atom. The Morgan fingerprint density at radius 3 is 2.50 bits per heavy atom. The summed E-state index contributed by atoms with van der Waals surface area (Å²) in [6.07, 6.45) is 0. The average Bonchev–Trinajstić information content (AvgIpc) is 2.21. The Bertz CT molecular complexity index is 500. The molecule has 1 aromatic rings. The summed E-state index contributed by atoms with van der Waals surface area (Å²) in [5, 5.41) is 0. The van der Waals surface area contributed by atoms with E-state index in [0.29, 0.717) is 22.3 Å². The summed E-state index contributed by atoms with van der Waals surface area (Å²) in [6.45, 7) is 3.97. The molecule has 0 aromatic heterocycles. The van der Waals surface area contributed by atoms with Crippen LogP contribution in [0, 0.1) is 6.92 Å². The minimum absolute atomic E-state index is 0.262. The van der Waals surface area contributed by atoms with Crippen molar-refractivity contribution in [3.05, 3.63) is 22.2 Å². The van der Waals surface area contributed by atoms with Crippen molar-refractivity contribution >= 4 is 31.6 Å². The number of halogens is 1. The van der Waals surface area contributed by atoms with Crippen LogP contribution >= 0.6 is 15.9 Å². The third kappa shape index (κ3) is 2.39. The number of aryl methyl sites for hydroxylation is 1. The van der Waals surface area contributed by atoms with Gasteiger partial charge in [-0.1, -0.05) is 6.92 Å². The molecule has 16 heavy (non-hydrogen) atoms. The van der Waals surface area contributed by atoms with E-state index in [1.165, 1.54) is 10.4 Å². The van der Waals surface area contributed by atoms with Gasteiger partial charge in [0, 0.05) is 23.8 Å². The molecule has 0 amide bonds. The second-order valence-corrected chi connectivity index (χ2v) is 6.43. The van der Waals surface area contributed by atoms with Crippen LogP contribution in [0.15, 0.2) is 21.5 Å². The fourth-order valence-electron chi connectivity index (χ4n) is 1.28. The highest BCUT2D eigenvalue weighted by Gasteiger charge is 2.22. The van der Waals surface area contributed by atoms with Crippen molar-refractivity contribution in [3.8, 4) is 0 Å². The van der Waals surface area contributed by atoms with Gasteiger partial charge in [0.2, 0.25) is 10.0 Å². The van der Waals surface area contributed by atoms with E-state index >= 15 is 0 Å². The van der Waals surface area contributed by atoms with E-state index in [2.05, 4.69) is 15.9 Å². The van der Waals surface area contributed by atoms with Crippen LogP contribution in [0.5, 0.6) is 0 Å². The first kappa shape index (κ1) is 13.5. The van der Waals surface area contributed by atoms with Crippen molar-refractivity contribution in [1.29, 1.82) is 0 Å². The summed E-state index contributed by atoms with van der Waals surface area (Å²) in [5.41, 5.74) is 6.80. The number of nitrogens with two attached hydrogens (primary N) is 1.